The maximum Gasteiger partial charge on any atom is 0 e. The molecule has 0 aromatic rings. The molecule has 0 amide bonds. The second-order valence-electron chi connectivity index (χ2n) is 0.448. The molecule has 0 heterocycles. The van der Waals surface area contributed by atoms with Crippen molar-refractivity contribution in [3.05, 3.63) is 0 Å². The van der Waals surface area contributed by atoms with Crippen molar-refractivity contribution in [3.63, 3.8) is 0 Å². The largest absolute Gasteiger partial charge is 0 e. The summed E-state index contributed by atoms with van der Waals surface area (Å²) in [4.78, 5) is 0. The average molecular weight is 319 g/mol. The van der Waals surface area contributed by atoms with Gasteiger partial charge in [-0.2, -0.15) is 0 Å². The molecule has 0 aliphatic heterocycles. The fourth-order valence-corrected chi connectivity index (χ4v) is 0. The predicted molar refractivity (Wildman–Crippen MR) is 30.0 cm³/mol. The first kappa shape index (κ1) is 29.2. The van der Waals surface area contributed by atoms with E-state index in [9.17, 15) is 0 Å². The molecule has 0 saturated carbocycles. The summed E-state index contributed by atoms with van der Waals surface area (Å²) in [6, 6.07) is 0. The summed E-state index contributed by atoms with van der Waals surface area (Å²) in [6.07, 6.45) is 0. The van der Waals surface area contributed by atoms with E-state index < -0.39 is 13.6 Å². The molecule has 9 heteroatoms. The molecule has 0 spiro atoms. The van der Waals surface area contributed by atoms with Crippen molar-refractivity contribution in [3.8, 4) is 0 Å². The van der Waals surface area contributed by atoms with Crippen molar-refractivity contribution in [1.29, 1.82) is 0 Å². The molecule has 46 valence electrons. The fraction of sp³-hybridized carbons (Fsp3) is 0. The van der Waals surface area contributed by atoms with Crippen molar-refractivity contribution < 1.29 is 55.7 Å². The molecule has 2 N–H and O–H groups in total. The van der Waals surface area contributed by atoms with Crippen LogP contribution < -0.4 is 0 Å². The summed E-state index contributed by atoms with van der Waals surface area (Å²) >= 11 is -5.25. The molecule has 0 bridgehead atoms. The third-order valence-corrected chi connectivity index (χ3v) is 0. The summed E-state index contributed by atoms with van der Waals surface area (Å²) in [5.41, 5.74) is 0. The Morgan fingerprint density at radius 1 is 1.00 bits per heavy atom. The first-order valence-corrected chi connectivity index (χ1v) is 2.88. The van der Waals surface area contributed by atoms with Gasteiger partial charge >= 0.3 is 132 Å². The van der Waals surface area contributed by atoms with Crippen LogP contribution in [0.25, 0.3) is 0 Å². The Bertz CT molecular complexity index is 102. The molecule has 0 saturated heterocycles. The molecule has 0 aromatic carbocycles. The van der Waals surface area contributed by atoms with Crippen molar-refractivity contribution >= 4 is 120 Å². The van der Waals surface area contributed by atoms with Gasteiger partial charge in [-0.15, -0.1) is 0 Å². The summed E-state index contributed by atoms with van der Waals surface area (Å²) in [5, 5.41) is 0. The van der Waals surface area contributed by atoms with E-state index in [1.54, 1.807) is 0 Å². The molecule has 0 fully saturated rings. The maximum absolute atomic E-state index is 8.82. The molecule has 0 aliphatic rings. The molecule has 9 heavy (non-hydrogen) atoms. The van der Waals surface area contributed by atoms with Gasteiger partial charge in [0.2, 0.25) is 0 Å². The van der Waals surface area contributed by atoms with Gasteiger partial charge in [0.15, 0.2) is 17.4 Å². The van der Waals surface area contributed by atoms with Crippen molar-refractivity contribution in [2.24, 2.45) is 0 Å². The smallest absolute Gasteiger partial charge is 0 e. The zero-order chi connectivity index (χ0) is 4.50. The Labute approximate surface area is 170 Å². The zero-order valence-corrected chi connectivity index (χ0v) is 6.35. The molecule has 0 unspecified atom stereocenters. The molecular formula is H7AlCrK2O4Zr. The summed E-state index contributed by atoms with van der Waals surface area (Å²) < 4.78 is 31.9. The van der Waals surface area contributed by atoms with Crippen LogP contribution in [0, 0.1) is 0 Å². The van der Waals surface area contributed by atoms with E-state index in [4.69, 9.17) is 15.9 Å². The second kappa shape index (κ2) is 15.2. The molecule has 0 atom stereocenters. The van der Waals surface area contributed by atoms with Gasteiger partial charge in [-0.25, -0.2) is 0 Å². The monoisotopic (exact) mass is 318 g/mol. The van der Waals surface area contributed by atoms with Crippen LogP contribution in [0.2, 0.25) is 0 Å². The summed E-state index contributed by atoms with van der Waals surface area (Å²) in [7, 11) is 0. The van der Waals surface area contributed by atoms with Crippen LogP contribution in [-0.4, -0.2) is 128 Å². The first-order chi connectivity index (χ1) is 2.00. The van der Waals surface area contributed by atoms with Crippen molar-refractivity contribution in [2.75, 3.05) is 0 Å². The van der Waals surface area contributed by atoms with Gasteiger partial charge in [0.05, 0.1) is 0 Å². The quantitative estimate of drug-likeness (QED) is 0.449. The minimum atomic E-state index is -5.25. The van der Waals surface area contributed by atoms with Crippen LogP contribution >= 0.6 is 0 Å². The molecule has 0 radical (unpaired) electrons. The Kier molecular flexibility index (Phi) is 49.4. The van der Waals surface area contributed by atoms with Crippen LogP contribution in [0.1, 0.15) is 0 Å². The maximum atomic E-state index is 8.82. The Morgan fingerprint density at radius 3 is 1.00 bits per heavy atom. The van der Waals surface area contributed by atoms with E-state index in [0.717, 1.165) is 0 Å². The molecule has 0 aliphatic carbocycles. The van der Waals surface area contributed by atoms with Crippen molar-refractivity contribution in [2.45, 2.75) is 0 Å². The van der Waals surface area contributed by atoms with Crippen LogP contribution in [0.15, 0.2) is 0 Å². The Morgan fingerprint density at radius 2 is 1.00 bits per heavy atom. The van der Waals surface area contributed by atoms with Gasteiger partial charge in [0, 0.05) is 26.2 Å². The second-order valence-corrected chi connectivity index (χ2v) is 1.85. The number of hydrogen-bond acceptors (Lipinski definition) is 2. The molecule has 4 nitrogen and oxygen atoms in total. The summed E-state index contributed by atoms with van der Waals surface area (Å²) in [5.74, 6) is 0. The van der Waals surface area contributed by atoms with Gasteiger partial charge < -0.3 is 0 Å². The standard InChI is InChI=1S/Al.Cr.2K.2H2O.2O.Zr.5H/h;;;;2*1H2;;;;;;;;/q;+2;;;;;;;;;;;;/p-2. The average Bonchev–Trinajstić information content (AvgIpc) is 0.722. The van der Waals surface area contributed by atoms with E-state index in [1.807, 2.05) is 0 Å². The van der Waals surface area contributed by atoms with Crippen LogP contribution in [0.3, 0.4) is 0 Å². The number of hydrogen-bond donors (Lipinski definition) is 2. The minimum Gasteiger partial charge on any atom is 0 e. The van der Waals surface area contributed by atoms with Gasteiger partial charge in [-0.1, -0.05) is 0 Å². The Balaban J connectivity index is -0.0000000133. The third-order valence-electron chi connectivity index (χ3n) is 0. The van der Waals surface area contributed by atoms with Gasteiger partial charge in [-0.3, -0.25) is 0 Å². The van der Waals surface area contributed by atoms with E-state index in [0.29, 0.717) is 0 Å². The van der Waals surface area contributed by atoms with E-state index in [-0.39, 0.29) is 146 Å². The van der Waals surface area contributed by atoms with E-state index >= 15 is 0 Å². The van der Waals surface area contributed by atoms with Gasteiger partial charge in [0.1, 0.15) is 0 Å². The van der Waals surface area contributed by atoms with Crippen LogP contribution in [0.5, 0.6) is 0 Å². The SMILES string of the molecule is [AlH3].[KH].[KH].[O]=[Cr](=[O])([OH])[OH].[Zr]. The van der Waals surface area contributed by atoms with Crippen LogP contribution in [0.4, 0.5) is 0 Å². The summed E-state index contributed by atoms with van der Waals surface area (Å²) in [6.45, 7) is 0. The zero-order valence-electron chi connectivity index (χ0n) is 2.62. The topological polar surface area (TPSA) is 74.6 Å². The normalized spacial score (nSPS) is 6.44. The van der Waals surface area contributed by atoms with E-state index in [1.165, 1.54) is 0 Å². The molecule has 0 aromatic heterocycles. The van der Waals surface area contributed by atoms with Crippen molar-refractivity contribution in [1.82, 2.24) is 0 Å². The predicted octanol–water partition coefficient (Wildman–Crippen LogP) is -3.84. The first-order valence-electron chi connectivity index (χ1n) is 0.698. The number of rotatable bonds is 0. The van der Waals surface area contributed by atoms with Gasteiger partial charge in [0.25, 0.3) is 0 Å². The Hall–Kier alpha value is 4.74. The minimum absolute atomic E-state index is 0. The van der Waals surface area contributed by atoms with Gasteiger partial charge in [-0.05, 0) is 0 Å². The molecule has 0 rings (SSSR count). The van der Waals surface area contributed by atoms with E-state index in [2.05, 4.69) is 0 Å². The fourth-order valence-electron chi connectivity index (χ4n) is 0. The molecular weight excluding hydrogens is 312 g/mol. The van der Waals surface area contributed by atoms with Crippen LogP contribution in [-0.2, 0) is 47.4 Å². The third kappa shape index (κ3) is 65.4.